The first-order chi connectivity index (χ1) is 7.41. The summed E-state index contributed by atoms with van der Waals surface area (Å²) in [5, 5.41) is 20.1. The lowest BCUT2D eigenvalue weighted by Crippen LogP contribution is -2.50. The number of amides is 1. The number of aliphatic hydroxyl groups is 1. The number of carboxylic acid groups (broad SMARTS) is 1. The van der Waals surface area contributed by atoms with Crippen molar-refractivity contribution in [3.63, 3.8) is 0 Å². The maximum Gasteiger partial charge on any atom is 0.328 e. The highest BCUT2D eigenvalue weighted by Gasteiger charge is 2.30. The van der Waals surface area contributed by atoms with Gasteiger partial charge in [-0.05, 0) is 13.3 Å². The number of aliphatic carboxylic acids is 1. The summed E-state index contributed by atoms with van der Waals surface area (Å²) in [4.78, 5) is 26.2. The minimum Gasteiger partial charge on any atom is -0.480 e. The van der Waals surface area contributed by atoms with E-state index >= 15 is 0 Å². The van der Waals surface area contributed by atoms with Crippen LogP contribution in [0.15, 0.2) is 4.99 Å². The van der Waals surface area contributed by atoms with E-state index in [1.165, 1.54) is 6.92 Å². The van der Waals surface area contributed by atoms with E-state index in [0.29, 0.717) is 18.7 Å². The Hall–Kier alpha value is -1.63. The molecule has 0 spiro atoms. The smallest absolute Gasteiger partial charge is 0.328 e. The molecule has 1 heterocycles. The molecule has 0 aromatic carbocycles. The minimum atomic E-state index is -1.32. The number of carbonyl (C=O) groups excluding carboxylic acids is 1. The van der Waals surface area contributed by atoms with Crippen molar-refractivity contribution in [3.05, 3.63) is 0 Å². The maximum atomic E-state index is 11.6. The van der Waals surface area contributed by atoms with Gasteiger partial charge in [0.2, 0.25) is 5.91 Å². The molecule has 0 radical (unpaired) electrons. The number of carboxylic acids is 1. The number of aliphatic hydroxyl groups excluding tert-OH is 1. The lowest BCUT2D eigenvalue weighted by Gasteiger charge is -2.18. The standard InChI is InChI=1S/C9H15N3O4/c1-4(13)7(9(15)16)12-8(14)5-2-3-6(10)11-5/h4-5,7,13H,2-3H2,1H3,(H2,10,11)(H,12,14)(H,15,16)/t4-,5+,7+/m1/s1. The van der Waals surface area contributed by atoms with Gasteiger partial charge in [0.05, 0.1) is 11.9 Å². The van der Waals surface area contributed by atoms with E-state index in [-0.39, 0.29) is 0 Å². The van der Waals surface area contributed by atoms with Crippen molar-refractivity contribution < 1.29 is 19.8 Å². The fourth-order valence-corrected chi connectivity index (χ4v) is 1.44. The second-order valence-corrected chi connectivity index (χ2v) is 3.74. The van der Waals surface area contributed by atoms with Gasteiger partial charge in [-0.25, -0.2) is 4.79 Å². The molecule has 90 valence electrons. The van der Waals surface area contributed by atoms with Crippen molar-refractivity contribution in [3.8, 4) is 0 Å². The Kier molecular flexibility index (Phi) is 3.83. The fourth-order valence-electron chi connectivity index (χ4n) is 1.44. The predicted octanol–water partition coefficient (Wildman–Crippen LogP) is -1.54. The van der Waals surface area contributed by atoms with Crippen LogP contribution in [0, 0.1) is 0 Å². The number of carbonyl (C=O) groups is 2. The van der Waals surface area contributed by atoms with E-state index in [1.807, 2.05) is 0 Å². The molecule has 0 aromatic rings. The number of hydrogen-bond acceptors (Lipinski definition) is 5. The Labute approximate surface area is 92.3 Å². The minimum absolute atomic E-state index is 0.393. The van der Waals surface area contributed by atoms with Crippen molar-refractivity contribution in [2.75, 3.05) is 0 Å². The van der Waals surface area contributed by atoms with Gasteiger partial charge >= 0.3 is 5.97 Å². The summed E-state index contributed by atoms with van der Waals surface area (Å²) in [6, 6.07) is -1.95. The van der Waals surface area contributed by atoms with Crippen LogP contribution in [0.5, 0.6) is 0 Å². The van der Waals surface area contributed by atoms with Crippen molar-refractivity contribution in [2.45, 2.75) is 38.0 Å². The summed E-state index contributed by atoms with van der Waals surface area (Å²) in [6.07, 6.45) is -0.155. The molecule has 7 nitrogen and oxygen atoms in total. The third-order valence-electron chi connectivity index (χ3n) is 2.34. The average molecular weight is 229 g/mol. The van der Waals surface area contributed by atoms with E-state index in [0.717, 1.165) is 0 Å². The molecule has 5 N–H and O–H groups in total. The molecular formula is C9H15N3O4. The lowest BCUT2D eigenvalue weighted by molar-refractivity contribution is -0.144. The van der Waals surface area contributed by atoms with Crippen LogP contribution in [0.25, 0.3) is 0 Å². The molecule has 0 unspecified atom stereocenters. The second-order valence-electron chi connectivity index (χ2n) is 3.74. The highest BCUT2D eigenvalue weighted by Crippen LogP contribution is 2.11. The third-order valence-corrected chi connectivity index (χ3v) is 2.34. The molecule has 16 heavy (non-hydrogen) atoms. The van der Waals surface area contributed by atoms with E-state index in [4.69, 9.17) is 10.8 Å². The van der Waals surface area contributed by atoms with Gasteiger partial charge < -0.3 is 21.3 Å². The van der Waals surface area contributed by atoms with Crippen molar-refractivity contribution in [1.82, 2.24) is 5.32 Å². The van der Waals surface area contributed by atoms with Gasteiger partial charge in [-0.15, -0.1) is 0 Å². The summed E-state index contributed by atoms with van der Waals surface area (Å²) in [7, 11) is 0. The van der Waals surface area contributed by atoms with E-state index in [9.17, 15) is 14.7 Å². The van der Waals surface area contributed by atoms with Crippen LogP contribution < -0.4 is 11.1 Å². The van der Waals surface area contributed by atoms with Crippen LogP contribution in [0.3, 0.4) is 0 Å². The van der Waals surface area contributed by atoms with E-state index in [1.54, 1.807) is 0 Å². The molecule has 0 aromatic heterocycles. The molecule has 0 saturated heterocycles. The monoisotopic (exact) mass is 229 g/mol. The number of nitrogens with two attached hydrogens (primary N) is 1. The topological polar surface area (TPSA) is 125 Å². The van der Waals surface area contributed by atoms with Gasteiger partial charge in [0, 0.05) is 6.42 Å². The number of nitrogens with one attached hydrogen (secondary N) is 1. The Morgan fingerprint density at radius 3 is 2.62 bits per heavy atom. The SMILES string of the molecule is C[C@@H](O)[C@H](NC(=O)[C@@H]1CCC(N)=N1)C(=O)O. The number of rotatable bonds is 4. The first kappa shape index (κ1) is 12.4. The van der Waals surface area contributed by atoms with Crippen LogP contribution in [0.4, 0.5) is 0 Å². The summed E-state index contributed by atoms with van der Waals surface area (Å²) in [5.41, 5.74) is 5.42. The quantitative estimate of drug-likeness (QED) is 0.464. The van der Waals surface area contributed by atoms with Crippen LogP contribution in [-0.4, -0.2) is 46.1 Å². The molecule has 1 aliphatic rings. The molecule has 0 bridgehead atoms. The van der Waals surface area contributed by atoms with E-state index in [2.05, 4.69) is 10.3 Å². The summed E-state index contributed by atoms with van der Waals surface area (Å²) in [6.45, 7) is 1.30. The van der Waals surface area contributed by atoms with Gasteiger partial charge in [0.1, 0.15) is 6.04 Å². The molecule has 0 fully saturated rings. The third kappa shape index (κ3) is 2.93. The van der Waals surface area contributed by atoms with Gasteiger partial charge in [-0.3, -0.25) is 9.79 Å². The summed E-state index contributed by atoms with van der Waals surface area (Å²) < 4.78 is 0. The van der Waals surface area contributed by atoms with Crippen molar-refractivity contribution in [1.29, 1.82) is 0 Å². The highest BCUT2D eigenvalue weighted by molar-refractivity contribution is 5.92. The van der Waals surface area contributed by atoms with Gasteiger partial charge in [-0.1, -0.05) is 0 Å². The molecule has 0 saturated carbocycles. The normalized spacial score (nSPS) is 23.4. The predicted molar refractivity (Wildman–Crippen MR) is 55.9 cm³/mol. The Morgan fingerprint density at radius 2 is 2.25 bits per heavy atom. The van der Waals surface area contributed by atoms with Crippen LogP contribution in [0.2, 0.25) is 0 Å². The zero-order chi connectivity index (χ0) is 12.3. The molecule has 1 aliphatic heterocycles. The zero-order valence-corrected chi connectivity index (χ0v) is 8.88. The first-order valence-corrected chi connectivity index (χ1v) is 4.95. The first-order valence-electron chi connectivity index (χ1n) is 4.95. The Morgan fingerprint density at radius 1 is 1.62 bits per heavy atom. The Bertz CT molecular complexity index is 327. The maximum absolute atomic E-state index is 11.6. The number of aliphatic imine (C=N–C) groups is 1. The molecule has 0 aliphatic carbocycles. The Balaban J connectivity index is 2.59. The molecular weight excluding hydrogens is 214 g/mol. The van der Waals surface area contributed by atoms with Gasteiger partial charge in [0.25, 0.3) is 0 Å². The van der Waals surface area contributed by atoms with E-state index < -0.39 is 30.1 Å². The zero-order valence-electron chi connectivity index (χ0n) is 8.88. The number of amidine groups is 1. The lowest BCUT2D eigenvalue weighted by atomic mass is 10.1. The molecule has 7 heteroatoms. The van der Waals surface area contributed by atoms with Crippen LogP contribution in [-0.2, 0) is 9.59 Å². The van der Waals surface area contributed by atoms with Gasteiger partial charge in [-0.2, -0.15) is 0 Å². The van der Waals surface area contributed by atoms with Gasteiger partial charge in [0.15, 0.2) is 6.04 Å². The average Bonchev–Trinajstić information content (AvgIpc) is 2.59. The summed E-state index contributed by atoms with van der Waals surface area (Å²) in [5.74, 6) is -1.41. The van der Waals surface area contributed by atoms with Crippen LogP contribution >= 0.6 is 0 Å². The highest BCUT2D eigenvalue weighted by atomic mass is 16.4. The summed E-state index contributed by atoms with van der Waals surface area (Å²) >= 11 is 0. The van der Waals surface area contributed by atoms with Crippen LogP contribution in [0.1, 0.15) is 19.8 Å². The molecule has 1 rings (SSSR count). The number of hydrogen-bond donors (Lipinski definition) is 4. The molecule has 3 atom stereocenters. The second kappa shape index (κ2) is 4.93. The van der Waals surface area contributed by atoms with Crippen molar-refractivity contribution >= 4 is 17.7 Å². The van der Waals surface area contributed by atoms with Crippen molar-refractivity contribution in [2.24, 2.45) is 10.7 Å². The number of nitrogens with zero attached hydrogens (tertiary/aromatic N) is 1. The fraction of sp³-hybridized carbons (Fsp3) is 0.667. The largest absolute Gasteiger partial charge is 0.480 e. The molecule has 1 amide bonds.